The number of phenols is 1. The van der Waals surface area contributed by atoms with Gasteiger partial charge in [-0.3, -0.25) is 4.90 Å². The summed E-state index contributed by atoms with van der Waals surface area (Å²) in [6.45, 7) is 0.489. The number of nitrogens with zero attached hydrogens (tertiary/aromatic N) is 1. The lowest BCUT2D eigenvalue weighted by Crippen LogP contribution is -2.47. The number of para-hydroxylation sites is 2. The second kappa shape index (κ2) is 3.14. The van der Waals surface area contributed by atoms with E-state index in [-0.39, 0.29) is 17.4 Å². The zero-order valence-corrected chi connectivity index (χ0v) is 8.85. The molecule has 0 radical (unpaired) electrons. The van der Waals surface area contributed by atoms with Crippen molar-refractivity contribution < 1.29 is 14.6 Å². The van der Waals surface area contributed by atoms with Crippen molar-refractivity contribution in [2.45, 2.75) is 24.8 Å². The standard InChI is InChI=1S/C12H13NO3/c14-10-4-2-1-3-9(10)13-11(15)16-8-7-12(13)5-6-12/h1-4,14H,5-8H2. The number of amides is 1. The van der Waals surface area contributed by atoms with E-state index in [0.717, 1.165) is 19.3 Å². The van der Waals surface area contributed by atoms with Gasteiger partial charge >= 0.3 is 6.09 Å². The van der Waals surface area contributed by atoms with Gasteiger partial charge in [0.1, 0.15) is 5.75 Å². The molecule has 1 saturated carbocycles. The lowest BCUT2D eigenvalue weighted by atomic mass is 10.1. The Labute approximate surface area is 93.4 Å². The summed E-state index contributed by atoms with van der Waals surface area (Å²) in [5.74, 6) is 0.132. The van der Waals surface area contributed by atoms with Gasteiger partial charge in [-0.05, 0) is 25.0 Å². The van der Waals surface area contributed by atoms with Gasteiger partial charge in [-0.25, -0.2) is 4.79 Å². The molecular formula is C12H13NO3. The predicted molar refractivity (Wildman–Crippen MR) is 58.5 cm³/mol. The summed E-state index contributed by atoms with van der Waals surface area (Å²) in [5, 5.41) is 9.79. The first-order valence-electron chi connectivity index (χ1n) is 5.48. The molecule has 4 nitrogen and oxygen atoms in total. The van der Waals surface area contributed by atoms with Crippen LogP contribution in [0.1, 0.15) is 19.3 Å². The van der Waals surface area contributed by atoms with E-state index in [4.69, 9.17) is 4.74 Å². The van der Waals surface area contributed by atoms with E-state index in [0.29, 0.717) is 12.3 Å². The number of rotatable bonds is 1. The largest absolute Gasteiger partial charge is 0.506 e. The molecule has 1 spiro atoms. The highest BCUT2D eigenvalue weighted by Crippen LogP contribution is 2.50. The van der Waals surface area contributed by atoms with Gasteiger partial charge in [0.05, 0.1) is 17.8 Å². The number of carbonyl (C=O) groups is 1. The number of phenolic OH excluding ortho intramolecular Hbond substituents is 1. The first kappa shape index (κ1) is 9.51. The maximum absolute atomic E-state index is 11.8. The lowest BCUT2D eigenvalue weighted by Gasteiger charge is -2.35. The molecule has 0 unspecified atom stereocenters. The Morgan fingerprint density at radius 2 is 2.00 bits per heavy atom. The van der Waals surface area contributed by atoms with Crippen molar-refractivity contribution in [3.05, 3.63) is 24.3 Å². The molecule has 2 aliphatic rings. The van der Waals surface area contributed by atoms with Crippen LogP contribution in [0.5, 0.6) is 5.75 Å². The highest BCUT2D eigenvalue weighted by atomic mass is 16.6. The Bertz CT molecular complexity index is 440. The van der Waals surface area contributed by atoms with Gasteiger partial charge < -0.3 is 9.84 Å². The number of hydrogen-bond donors (Lipinski definition) is 1. The zero-order valence-electron chi connectivity index (χ0n) is 8.85. The van der Waals surface area contributed by atoms with Crippen molar-refractivity contribution in [1.29, 1.82) is 0 Å². The van der Waals surface area contributed by atoms with Crippen LogP contribution >= 0.6 is 0 Å². The lowest BCUT2D eigenvalue weighted by molar-refractivity contribution is 0.125. The molecule has 1 heterocycles. The average molecular weight is 219 g/mol. The molecule has 0 atom stereocenters. The van der Waals surface area contributed by atoms with Gasteiger partial charge in [0, 0.05) is 6.42 Å². The molecule has 2 fully saturated rings. The highest BCUT2D eigenvalue weighted by molar-refractivity contribution is 5.92. The van der Waals surface area contributed by atoms with Crippen LogP contribution in [0.3, 0.4) is 0 Å². The molecule has 0 bridgehead atoms. The Hall–Kier alpha value is -1.71. The van der Waals surface area contributed by atoms with Crippen molar-refractivity contribution in [2.75, 3.05) is 11.5 Å². The van der Waals surface area contributed by atoms with Gasteiger partial charge in [0.15, 0.2) is 0 Å². The minimum Gasteiger partial charge on any atom is -0.506 e. The molecule has 3 rings (SSSR count). The number of benzene rings is 1. The van der Waals surface area contributed by atoms with Crippen LogP contribution in [0.25, 0.3) is 0 Å². The van der Waals surface area contributed by atoms with Gasteiger partial charge in [0.2, 0.25) is 0 Å². The molecule has 16 heavy (non-hydrogen) atoms. The van der Waals surface area contributed by atoms with E-state index < -0.39 is 0 Å². The molecule has 1 saturated heterocycles. The fraction of sp³-hybridized carbons (Fsp3) is 0.417. The minimum absolute atomic E-state index is 0.0891. The third-order valence-corrected chi connectivity index (χ3v) is 3.40. The molecule has 1 aliphatic heterocycles. The van der Waals surface area contributed by atoms with Crippen LogP contribution in [0, 0.1) is 0 Å². The summed E-state index contributed by atoms with van der Waals surface area (Å²) in [4.78, 5) is 13.4. The Balaban J connectivity index is 2.04. The van der Waals surface area contributed by atoms with Crippen molar-refractivity contribution >= 4 is 11.8 Å². The minimum atomic E-state index is -0.342. The van der Waals surface area contributed by atoms with Gasteiger partial charge in [0.25, 0.3) is 0 Å². The average Bonchev–Trinajstić information content (AvgIpc) is 3.01. The summed E-state index contributed by atoms with van der Waals surface area (Å²) in [5.41, 5.74) is 0.471. The third kappa shape index (κ3) is 1.26. The van der Waals surface area contributed by atoms with Crippen LogP contribution in [0.4, 0.5) is 10.5 Å². The summed E-state index contributed by atoms with van der Waals surface area (Å²) in [6.07, 6.45) is 2.50. The van der Waals surface area contributed by atoms with Gasteiger partial charge in [-0.1, -0.05) is 12.1 Å². The van der Waals surface area contributed by atoms with Crippen LogP contribution < -0.4 is 4.90 Å². The van der Waals surface area contributed by atoms with Crippen LogP contribution in [0.2, 0.25) is 0 Å². The molecule has 1 N–H and O–H groups in total. The molecule has 0 aromatic heterocycles. The first-order valence-corrected chi connectivity index (χ1v) is 5.48. The van der Waals surface area contributed by atoms with E-state index in [2.05, 4.69) is 0 Å². The SMILES string of the molecule is O=C1OCCC2(CC2)N1c1ccccc1O. The number of ether oxygens (including phenoxy) is 1. The van der Waals surface area contributed by atoms with Crippen LogP contribution in [-0.2, 0) is 4.74 Å². The Morgan fingerprint density at radius 3 is 2.69 bits per heavy atom. The molecule has 1 amide bonds. The fourth-order valence-corrected chi connectivity index (χ4v) is 2.32. The smallest absolute Gasteiger partial charge is 0.414 e. The van der Waals surface area contributed by atoms with E-state index in [1.807, 2.05) is 6.07 Å². The quantitative estimate of drug-likeness (QED) is 0.788. The monoisotopic (exact) mass is 219 g/mol. The molecule has 4 heteroatoms. The second-order valence-corrected chi connectivity index (χ2v) is 4.41. The number of hydrogen-bond acceptors (Lipinski definition) is 3. The molecular weight excluding hydrogens is 206 g/mol. The van der Waals surface area contributed by atoms with Crippen molar-refractivity contribution in [1.82, 2.24) is 0 Å². The number of carbonyl (C=O) groups excluding carboxylic acids is 1. The highest BCUT2D eigenvalue weighted by Gasteiger charge is 2.54. The Kier molecular flexibility index (Phi) is 1.87. The van der Waals surface area contributed by atoms with E-state index in [9.17, 15) is 9.90 Å². The van der Waals surface area contributed by atoms with E-state index in [1.165, 1.54) is 0 Å². The van der Waals surface area contributed by atoms with Crippen molar-refractivity contribution in [3.63, 3.8) is 0 Å². The Morgan fingerprint density at radius 1 is 1.25 bits per heavy atom. The number of anilines is 1. The summed E-state index contributed by atoms with van der Waals surface area (Å²) in [6, 6.07) is 6.90. The van der Waals surface area contributed by atoms with Gasteiger partial charge in [-0.15, -0.1) is 0 Å². The van der Waals surface area contributed by atoms with Crippen LogP contribution in [-0.4, -0.2) is 23.3 Å². The second-order valence-electron chi connectivity index (χ2n) is 4.41. The summed E-state index contributed by atoms with van der Waals surface area (Å²) in [7, 11) is 0. The number of aromatic hydroxyl groups is 1. The molecule has 1 aliphatic carbocycles. The first-order chi connectivity index (χ1) is 7.73. The normalized spacial score (nSPS) is 22.0. The number of cyclic esters (lactones) is 1. The fourth-order valence-electron chi connectivity index (χ4n) is 2.32. The van der Waals surface area contributed by atoms with Crippen molar-refractivity contribution in [3.8, 4) is 5.75 Å². The molecule has 84 valence electrons. The topological polar surface area (TPSA) is 49.8 Å². The summed E-state index contributed by atoms with van der Waals surface area (Å²) < 4.78 is 5.05. The molecule has 1 aromatic carbocycles. The van der Waals surface area contributed by atoms with Crippen molar-refractivity contribution in [2.24, 2.45) is 0 Å². The predicted octanol–water partition coefficient (Wildman–Crippen LogP) is 2.27. The maximum Gasteiger partial charge on any atom is 0.414 e. The summed E-state index contributed by atoms with van der Waals surface area (Å²) >= 11 is 0. The van der Waals surface area contributed by atoms with E-state index in [1.54, 1.807) is 23.1 Å². The van der Waals surface area contributed by atoms with E-state index >= 15 is 0 Å². The molecule has 1 aromatic rings. The zero-order chi connectivity index (χ0) is 11.2. The third-order valence-electron chi connectivity index (χ3n) is 3.40. The van der Waals surface area contributed by atoms with Gasteiger partial charge in [-0.2, -0.15) is 0 Å². The maximum atomic E-state index is 11.8. The van der Waals surface area contributed by atoms with Crippen LogP contribution in [0.15, 0.2) is 24.3 Å².